The molecule has 2 aliphatic rings. The highest BCUT2D eigenvalue weighted by atomic mass is 19.4. The van der Waals surface area contributed by atoms with Crippen molar-refractivity contribution in [3.05, 3.63) is 24.3 Å². The molecule has 2 saturated carbocycles. The standard InChI is InChI=1S/C16H23F5O4.C14H19F5O3/c1-11(2)12(22)25-14(8-6-5-7-9-14)15(17,18)13(3,16(19,20)21)24-10-23-4;1-9(2)10(20)22-12(7-5-4-6-8-12)13(15,16)11(3,21)14(17,18)19/h1,5-10H2,2-4H3;21H,1,4-8H2,2-3H3. The highest BCUT2D eigenvalue weighted by Crippen LogP contribution is 2.56. The third-order valence-corrected chi connectivity index (χ3v) is 8.51. The normalized spacial score (nSPS) is 21.2. The number of ether oxygens (including phenoxy) is 4. The molecular formula is C30H42F10O7. The van der Waals surface area contributed by atoms with Crippen molar-refractivity contribution in [2.75, 3.05) is 13.9 Å². The van der Waals surface area contributed by atoms with Crippen molar-refractivity contribution in [2.45, 2.75) is 139 Å². The molecule has 2 fully saturated rings. The molecular weight excluding hydrogens is 662 g/mol. The highest BCUT2D eigenvalue weighted by molar-refractivity contribution is 5.87. The number of methoxy groups -OCH3 is 1. The van der Waals surface area contributed by atoms with Gasteiger partial charge in [-0.1, -0.05) is 26.0 Å². The van der Waals surface area contributed by atoms with E-state index >= 15 is 8.78 Å². The Morgan fingerprint density at radius 2 is 1.00 bits per heavy atom. The monoisotopic (exact) mass is 704 g/mol. The predicted octanol–water partition coefficient (Wildman–Crippen LogP) is 8.14. The highest BCUT2D eigenvalue weighted by Gasteiger charge is 2.77. The van der Waals surface area contributed by atoms with Crippen molar-refractivity contribution in [1.82, 2.24) is 0 Å². The Bertz CT molecular complexity index is 1120. The molecule has 2 atom stereocenters. The van der Waals surface area contributed by atoms with Gasteiger partial charge in [-0.2, -0.15) is 43.9 Å². The Morgan fingerprint density at radius 3 is 1.28 bits per heavy atom. The summed E-state index contributed by atoms with van der Waals surface area (Å²) in [4.78, 5) is 23.5. The third kappa shape index (κ3) is 8.43. The van der Waals surface area contributed by atoms with E-state index in [-0.39, 0.29) is 50.7 Å². The third-order valence-electron chi connectivity index (χ3n) is 8.51. The number of hydrogen-bond donors (Lipinski definition) is 1. The van der Waals surface area contributed by atoms with Crippen LogP contribution in [0.4, 0.5) is 43.9 Å². The summed E-state index contributed by atoms with van der Waals surface area (Å²) in [6.45, 7) is 8.24. The zero-order valence-corrected chi connectivity index (χ0v) is 26.9. The average molecular weight is 705 g/mol. The molecule has 0 aromatic heterocycles. The van der Waals surface area contributed by atoms with E-state index in [0.717, 1.165) is 7.11 Å². The maximum absolute atomic E-state index is 15.2. The van der Waals surface area contributed by atoms with E-state index in [9.17, 15) is 49.8 Å². The smallest absolute Gasteiger partial charge is 0.423 e. The van der Waals surface area contributed by atoms with Gasteiger partial charge < -0.3 is 24.1 Å². The second-order valence-electron chi connectivity index (χ2n) is 12.3. The lowest BCUT2D eigenvalue weighted by Gasteiger charge is -2.49. The summed E-state index contributed by atoms with van der Waals surface area (Å²) in [6.07, 6.45) is -10.8. The molecule has 1 N–H and O–H groups in total. The van der Waals surface area contributed by atoms with Crippen LogP contribution in [0.5, 0.6) is 0 Å². The van der Waals surface area contributed by atoms with Gasteiger partial charge in [-0.3, -0.25) is 0 Å². The van der Waals surface area contributed by atoms with Crippen LogP contribution in [0.15, 0.2) is 24.3 Å². The van der Waals surface area contributed by atoms with Crippen LogP contribution in [0, 0.1) is 0 Å². The number of esters is 2. The van der Waals surface area contributed by atoms with E-state index in [2.05, 4.69) is 22.6 Å². The van der Waals surface area contributed by atoms with Crippen molar-refractivity contribution in [2.24, 2.45) is 0 Å². The predicted molar refractivity (Wildman–Crippen MR) is 147 cm³/mol. The Hall–Kier alpha value is -2.40. The van der Waals surface area contributed by atoms with Gasteiger partial charge >= 0.3 is 36.1 Å². The fourth-order valence-electron chi connectivity index (χ4n) is 5.32. The Labute approximate surface area is 266 Å². The van der Waals surface area contributed by atoms with E-state index in [1.807, 2.05) is 0 Å². The maximum Gasteiger partial charge on any atom is 0.423 e. The van der Waals surface area contributed by atoms with Crippen molar-refractivity contribution in [1.29, 1.82) is 0 Å². The molecule has 0 radical (unpaired) electrons. The van der Waals surface area contributed by atoms with E-state index in [1.54, 1.807) is 0 Å². The lowest BCUT2D eigenvalue weighted by atomic mass is 9.73. The lowest BCUT2D eigenvalue weighted by Crippen LogP contribution is -2.69. The molecule has 0 amide bonds. The minimum Gasteiger partial charge on any atom is -0.449 e. The summed E-state index contributed by atoms with van der Waals surface area (Å²) in [7, 11) is 1.02. The fourth-order valence-corrected chi connectivity index (χ4v) is 5.32. The van der Waals surface area contributed by atoms with Crippen molar-refractivity contribution >= 4 is 11.9 Å². The minimum absolute atomic E-state index is 0.00202. The molecule has 0 spiro atoms. The Kier molecular flexibility index (Phi) is 13.6. The molecule has 2 rings (SSSR count). The first kappa shape index (κ1) is 42.6. The quantitative estimate of drug-likeness (QED) is 0.101. The minimum atomic E-state index is -5.57. The molecule has 2 aliphatic carbocycles. The second kappa shape index (κ2) is 15.0. The summed E-state index contributed by atoms with van der Waals surface area (Å²) in [5.41, 5.74) is -13.9. The first-order chi connectivity index (χ1) is 21.1. The zero-order chi connectivity index (χ0) is 36.9. The molecule has 0 aliphatic heterocycles. The fraction of sp³-hybridized carbons (Fsp3) is 0.800. The molecule has 0 heterocycles. The van der Waals surface area contributed by atoms with E-state index in [1.165, 1.54) is 13.8 Å². The van der Waals surface area contributed by atoms with Crippen LogP contribution in [0.3, 0.4) is 0 Å². The van der Waals surface area contributed by atoms with Gasteiger partial charge in [0.05, 0.1) is 0 Å². The van der Waals surface area contributed by atoms with E-state index in [0.29, 0.717) is 12.8 Å². The van der Waals surface area contributed by atoms with E-state index < -0.39 is 91.0 Å². The number of alkyl halides is 10. The van der Waals surface area contributed by atoms with Gasteiger partial charge in [0.25, 0.3) is 0 Å². The first-order valence-corrected chi connectivity index (χ1v) is 14.6. The molecule has 0 aromatic rings. The van der Waals surface area contributed by atoms with Gasteiger partial charge in [0.15, 0.2) is 11.2 Å². The van der Waals surface area contributed by atoms with Gasteiger partial charge in [0, 0.05) is 18.3 Å². The van der Waals surface area contributed by atoms with Gasteiger partial charge in [0.1, 0.15) is 6.79 Å². The molecule has 2 unspecified atom stereocenters. The molecule has 274 valence electrons. The topological polar surface area (TPSA) is 91.3 Å². The van der Waals surface area contributed by atoms with Crippen LogP contribution in [0.25, 0.3) is 0 Å². The number of rotatable bonds is 11. The number of halogens is 10. The first-order valence-electron chi connectivity index (χ1n) is 14.6. The molecule has 0 bridgehead atoms. The summed E-state index contributed by atoms with van der Waals surface area (Å²) < 4.78 is 157. The van der Waals surface area contributed by atoms with E-state index in [4.69, 9.17) is 9.47 Å². The SMILES string of the molecule is C=C(C)C(=O)OC1(C(F)(F)C(C)(O)C(F)(F)F)CCCCC1.C=C(C)C(=O)OC1(C(F)(F)C(C)(OCOC)C(F)(F)F)CCCCC1. The Morgan fingerprint density at radius 1 is 0.660 bits per heavy atom. The number of aliphatic hydroxyl groups is 1. The largest absolute Gasteiger partial charge is 0.449 e. The van der Waals surface area contributed by atoms with Gasteiger partial charge in [-0.25, -0.2) is 9.59 Å². The zero-order valence-electron chi connectivity index (χ0n) is 26.9. The molecule has 0 saturated heterocycles. The van der Waals surface area contributed by atoms with Crippen LogP contribution in [-0.4, -0.2) is 77.5 Å². The van der Waals surface area contributed by atoms with Crippen LogP contribution in [0.1, 0.15) is 91.9 Å². The van der Waals surface area contributed by atoms with Crippen LogP contribution in [0.2, 0.25) is 0 Å². The Balaban J connectivity index is 0.000000474. The van der Waals surface area contributed by atoms with Crippen molar-refractivity contribution in [3.63, 3.8) is 0 Å². The molecule has 17 heteroatoms. The molecule has 0 aromatic carbocycles. The summed E-state index contributed by atoms with van der Waals surface area (Å²) in [5.74, 6) is -11.6. The van der Waals surface area contributed by atoms with Gasteiger partial charge in [-0.05, 0) is 79.1 Å². The summed E-state index contributed by atoms with van der Waals surface area (Å²) in [5, 5.41) is 9.46. The van der Waals surface area contributed by atoms with Crippen LogP contribution >= 0.6 is 0 Å². The van der Waals surface area contributed by atoms with Crippen LogP contribution < -0.4 is 0 Å². The average Bonchev–Trinajstić information content (AvgIpc) is 2.95. The van der Waals surface area contributed by atoms with Crippen molar-refractivity contribution in [3.8, 4) is 0 Å². The second-order valence-corrected chi connectivity index (χ2v) is 12.3. The number of carbonyl (C=O) groups is 2. The maximum atomic E-state index is 15.2. The van der Waals surface area contributed by atoms with Gasteiger partial charge in [0.2, 0.25) is 11.2 Å². The summed E-state index contributed by atoms with van der Waals surface area (Å²) in [6, 6.07) is 0. The molecule has 47 heavy (non-hydrogen) atoms. The molecule has 7 nitrogen and oxygen atoms in total. The van der Waals surface area contributed by atoms with Gasteiger partial charge in [-0.15, -0.1) is 0 Å². The number of hydrogen-bond acceptors (Lipinski definition) is 7. The number of carbonyl (C=O) groups excluding carboxylic acids is 2. The lowest BCUT2D eigenvalue weighted by molar-refractivity contribution is -0.386. The summed E-state index contributed by atoms with van der Waals surface area (Å²) >= 11 is 0. The van der Waals surface area contributed by atoms with Crippen LogP contribution in [-0.2, 0) is 28.5 Å². The van der Waals surface area contributed by atoms with Crippen molar-refractivity contribution < 1.29 is 77.5 Å².